The smallest absolute Gasteiger partial charge is 0.234 e. The molecule has 2 fully saturated rings. The average Bonchev–Trinajstić information content (AvgIpc) is 2.84. The third-order valence-corrected chi connectivity index (χ3v) is 4.52. The molecule has 104 valence electrons. The molecule has 0 bridgehead atoms. The van der Waals surface area contributed by atoms with Gasteiger partial charge >= 0.3 is 0 Å². The monoisotopic (exact) mass is 253 g/mol. The molecular formula is C14H27N3O. The molecule has 2 aliphatic rings. The summed E-state index contributed by atoms with van der Waals surface area (Å²) >= 11 is 0. The van der Waals surface area contributed by atoms with E-state index >= 15 is 0 Å². The Bertz CT molecular complexity index is 268. The SMILES string of the molecule is CCC(C(N)=O)N1CCC(CN2CCCC2)CC1. The Morgan fingerprint density at radius 3 is 2.33 bits per heavy atom. The van der Waals surface area contributed by atoms with Crippen LogP contribution in [0.3, 0.4) is 0 Å². The van der Waals surface area contributed by atoms with Gasteiger partial charge in [-0.25, -0.2) is 0 Å². The van der Waals surface area contributed by atoms with Crippen LogP contribution in [0.15, 0.2) is 0 Å². The van der Waals surface area contributed by atoms with Gasteiger partial charge in [-0.05, 0) is 64.2 Å². The summed E-state index contributed by atoms with van der Waals surface area (Å²) in [4.78, 5) is 16.2. The summed E-state index contributed by atoms with van der Waals surface area (Å²) in [7, 11) is 0. The molecule has 4 nitrogen and oxygen atoms in total. The van der Waals surface area contributed by atoms with Gasteiger partial charge in [0.05, 0.1) is 6.04 Å². The molecule has 4 heteroatoms. The topological polar surface area (TPSA) is 49.6 Å². The number of piperidine rings is 1. The molecule has 2 heterocycles. The first-order valence-electron chi connectivity index (χ1n) is 7.46. The zero-order chi connectivity index (χ0) is 13.0. The van der Waals surface area contributed by atoms with Crippen molar-refractivity contribution in [3.63, 3.8) is 0 Å². The molecule has 0 aliphatic carbocycles. The quantitative estimate of drug-likeness (QED) is 0.797. The van der Waals surface area contributed by atoms with Crippen LogP contribution in [0.25, 0.3) is 0 Å². The largest absolute Gasteiger partial charge is 0.368 e. The number of hydrogen-bond donors (Lipinski definition) is 1. The molecule has 0 radical (unpaired) electrons. The van der Waals surface area contributed by atoms with Crippen molar-refractivity contribution in [3.05, 3.63) is 0 Å². The number of nitrogens with zero attached hydrogens (tertiary/aromatic N) is 2. The van der Waals surface area contributed by atoms with Crippen LogP contribution < -0.4 is 5.73 Å². The molecule has 0 saturated carbocycles. The van der Waals surface area contributed by atoms with Crippen LogP contribution in [0.1, 0.15) is 39.0 Å². The minimum Gasteiger partial charge on any atom is -0.368 e. The number of hydrogen-bond acceptors (Lipinski definition) is 3. The molecule has 2 rings (SSSR count). The zero-order valence-electron chi connectivity index (χ0n) is 11.6. The van der Waals surface area contributed by atoms with E-state index in [1.165, 1.54) is 45.3 Å². The van der Waals surface area contributed by atoms with E-state index in [1.807, 2.05) is 6.92 Å². The highest BCUT2D eigenvalue weighted by atomic mass is 16.1. The van der Waals surface area contributed by atoms with Gasteiger partial charge in [0, 0.05) is 6.54 Å². The number of carbonyl (C=O) groups is 1. The van der Waals surface area contributed by atoms with Crippen molar-refractivity contribution in [2.24, 2.45) is 11.7 Å². The molecule has 0 aromatic carbocycles. The van der Waals surface area contributed by atoms with Crippen LogP contribution in [0.4, 0.5) is 0 Å². The molecule has 1 amide bonds. The fraction of sp³-hybridized carbons (Fsp3) is 0.929. The summed E-state index contributed by atoms with van der Waals surface area (Å²) in [5, 5.41) is 0. The second kappa shape index (κ2) is 6.53. The summed E-state index contributed by atoms with van der Waals surface area (Å²) in [5.74, 6) is 0.667. The van der Waals surface area contributed by atoms with Gasteiger partial charge in [0.2, 0.25) is 5.91 Å². The van der Waals surface area contributed by atoms with E-state index in [1.54, 1.807) is 0 Å². The van der Waals surface area contributed by atoms with Crippen LogP contribution in [0.5, 0.6) is 0 Å². The highest BCUT2D eigenvalue weighted by molar-refractivity contribution is 5.79. The summed E-state index contributed by atoms with van der Waals surface area (Å²) in [6.45, 7) is 7.98. The van der Waals surface area contributed by atoms with Gasteiger partial charge in [0.15, 0.2) is 0 Å². The summed E-state index contributed by atoms with van der Waals surface area (Å²) in [6.07, 6.45) is 6.03. The van der Waals surface area contributed by atoms with Gasteiger partial charge in [-0.15, -0.1) is 0 Å². The Morgan fingerprint density at radius 2 is 1.83 bits per heavy atom. The molecule has 2 saturated heterocycles. The minimum absolute atomic E-state index is 0.0438. The Kier molecular flexibility index (Phi) is 5.01. The van der Waals surface area contributed by atoms with Crippen molar-refractivity contribution in [3.8, 4) is 0 Å². The van der Waals surface area contributed by atoms with Crippen LogP contribution in [-0.2, 0) is 4.79 Å². The first-order valence-corrected chi connectivity index (χ1v) is 7.46. The van der Waals surface area contributed by atoms with E-state index < -0.39 is 0 Å². The van der Waals surface area contributed by atoms with Crippen molar-refractivity contribution >= 4 is 5.91 Å². The molecule has 0 spiro atoms. The molecule has 18 heavy (non-hydrogen) atoms. The lowest BCUT2D eigenvalue weighted by atomic mass is 9.94. The maximum absolute atomic E-state index is 11.4. The van der Waals surface area contributed by atoms with Gasteiger partial charge in [0.25, 0.3) is 0 Å². The molecule has 1 unspecified atom stereocenters. The average molecular weight is 253 g/mol. The Hall–Kier alpha value is -0.610. The number of primary amides is 1. The highest BCUT2D eigenvalue weighted by Crippen LogP contribution is 2.22. The highest BCUT2D eigenvalue weighted by Gasteiger charge is 2.28. The van der Waals surface area contributed by atoms with E-state index in [0.717, 1.165) is 25.4 Å². The van der Waals surface area contributed by atoms with Crippen LogP contribution >= 0.6 is 0 Å². The maximum atomic E-state index is 11.4. The molecule has 1 atom stereocenters. The van der Waals surface area contributed by atoms with Crippen molar-refractivity contribution < 1.29 is 4.79 Å². The Morgan fingerprint density at radius 1 is 1.22 bits per heavy atom. The normalized spacial score (nSPS) is 25.4. The fourth-order valence-corrected chi connectivity index (χ4v) is 3.42. The van der Waals surface area contributed by atoms with Gasteiger partial charge in [0.1, 0.15) is 0 Å². The number of likely N-dealkylation sites (tertiary alicyclic amines) is 2. The third-order valence-electron chi connectivity index (χ3n) is 4.52. The molecule has 2 aliphatic heterocycles. The van der Waals surface area contributed by atoms with E-state index in [-0.39, 0.29) is 11.9 Å². The molecule has 2 N–H and O–H groups in total. The first-order chi connectivity index (χ1) is 8.70. The first kappa shape index (κ1) is 13.8. The lowest BCUT2D eigenvalue weighted by Crippen LogP contribution is -2.48. The second-order valence-corrected chi connectivity index (χ2v) is 5.81. The third kappa shape index (κ3) is 3.45. The fourth-order valence-electron chi connectivity index (χ4n) is 3.42. The van der Waals surface area contributed by atoms with Crippen molar-refractivity contribution in [1.82, 2.24) is 9.80 Å². The number of nitrogens with two attached hydrogens (primary N) is 1. The maximum Gasteiger partial charge on any atom is 0.234 e. The lowest BCUT2D eigenvalue weighted by Gasteiger charge is -2.37. The molecule has 0 aromatic heterocycles. The van der Waals surface area contributed by atoms with E-state index in [9.17, 15) is 4.79 Å². The summed E-state index contributed by atoms with van der Waals surface area (Å²) in [6, 6.07) is -0.0438. The van der Waals surface area contributed by atoms with Gasteiger partial charge in [-0.2, -0.15) is 0 Å². The second-order valence-electron chi connectivity index (χ2n) is 5.81. The van der Waals surface area contributed by atoms with Gasteiger partial charge in [-0.1, -0.05) is 6.92 Å². The van der Waals surface area contributed by atoms with Crippen molar-refractivity contribution in [1.29, 1.82) is 0 Å². The standard InChI is InChI=1S/C14H27N3O/c1-2-13(14(15)18)17-9-5-12(6-10-17)11-16-7-3-4-8-16/h12-13H,2-11H2,1H3,(H2,15,18). The number of amides is 1. The van der Waals surface area contributed by atoms with E-state index in [2.05, 4.69) is 9.80 Å². The Balaban J connectivity index is 1.74. The van der Waals surface area contributed by atoms with Crippen LogP contribution in [-0.4, -0.2) is 54.5 Å². The predicted molar refractivity (Wildman–Crippen MR) is 73.2 cm³/mol. The van der Waals surface area contributed by atoms with E-state index in [4.69, 9.17) is 5.73 Å². The van der Waals surface area contributed by atoms with Crippen molar-refractivity contribution in [2.45, 2.75) is 45.1 Å². The van der Waals surface area contributed by atoms with Crippen LogP contribution in [0, 0.1) is 5.92 Å². The summed E-state index contributed by atoms with van der Waals surface area (Å²) < 4.78 is 0. The number of carbonyl (C=O) groups excluding carboxylic acids is 1. The van der Waals surface area contributed by atoms with E-state index in [0.29, 0.717) is 0 Å². The molecule has 0 aromatic rings. The van der Waals surface area contributed by atoms with Gasteiger partial charge < -0.3 is 10.6 Å². The van der Waals surface area contributed by atoms with Crippen molar-refractivity contribution in [2.75, 3.05) is 32.7 Å². The molecular weight excluding hydrogens is 226 g/mol. The lowest BCUT2D eigenvalue weighted by molar-refractivity contribution is -0.124. The van der Waals surface area contributed by atoms with Crippen LogP contribution in [0.2, 0.25) is 0 Å². The predicted octanol–water partition coefficient (Wildman–Crippen LogP) is 1.06. The minimum atomic E-state index is -0.157. The van der Waals surface area contributed by atoms with Gasteiger partial charge in [-0.3, -0.25) is 9.69 Å². The number of rotatable bonds is 5. The zero-order valence-corrected chi connectivity index (χ0v) is 11.6. The summed E-state index contributed by atoms with van der Waals surface area (Å²) in [5.41, 5.74) is 5.46. The Labute approximate surface area is 110 Å².